The molecule has 136 valence electrons. The van der Waals surface area contributed by atoms with Crippen LogP contribution in [-0.2, 0) is 21.1 Å². The quantitative estimate of drug-likeness (QED) is 0.789. The van der Waals surface area contributed by atoms with Gasteiger partial charge in [0, 0.05) is 37.0 Å². The molecule has 10 heteroatoms. The molecule has 0 aliphatic heterocycles. The SMILES string of the molecule is CC(C)(C)OC(=O)NCCn1c(=O)ccc2cnc(S(C)(=O)=O)nc21. The number of ether oxygens (including phenoxy) is 1. The van der Waals surface area contributed by atoms with Gasteiger partial charge in [0.05, 0.1) is 0 Å². The number of sulfone groups is 1. The summed E-state index contributed by atoms with van der Waals surface area (Å²) in [6, 6.07) is 2.85. The van der Waals surface area contributed by atoms with Crippen LogP contribution >= 0.6 is 0 Å². The number of hydrogen-bond acceptors (Lipinski definition) is 7. The number of aromatic nitrogens is 3. The Hall–Kier alpha value is -2.49. The minimum atomic E-state index is -3.61. The molecule has 0 saturated heterocycles. The fraction of sp³-hybridized carbons (Fsp3) is 0.467. The normalized spacial score (nSPS) is 12.2. The standard InChI is InChI=1S/C15H20N4O5S/c1-15(2,3)24-14(21)16-7-8-19-11(20)6-5-10-9-17-13(18-12(10)19)25(4,22)23/h5-6,9H,7-8H2,1-4H3,(H,16,21). The Morgan fingerprint density at radius 3 is 2.60 bits per heavy atom. The molecule has 2 aromatic rings. The van der Waals surface area contributed by atoms with Gasteiger partial charge >= 0.3 is 6.09 Å². The van der Waals surface area contributed by atoms with E-state index in [9.17, 15) is 18.0 Å². The lowest BCUT2D eigenvalue weighted by Crippen LogP contribution is -2.35. The van der Waals surface area contributed by atoms with Crippen molar-refractivity contribution in [3.63, 3.8) is 0 Å². The molecule has 0 aliphatic carbocycles. The molecule has 2 aromatic heterocycles. The van der Waals surface area contributed by atoms with E-state index in [0.717, 1.165) is 6.26 Å². The van der Waals surface area contributed by atoms with E-state index in [4.69, 9.17) is 4.74 Å². The van der Waals surface area contributed by atoms with E-state index in [2.05, 4.69) is 15.3 Å². The number of hydrogen-bond donors (Lipinski definition) is 1. The maximum absolute atomic E-state index is 12.1. The van der Waals surface area contributed by atoms with Crippen molar-refractivity contribution in [2.75, 3.05) is 12.8 Å². The van der Waals surface area contributed by atoms with Gasteiger partial charge in [0.25, 0.3) is 5.56 Å². The highest BCUT2D eigenvalue weighted by molar-refractivity contribution is 7.90. The van der Waals surface area contributed by atoms with Gasteiger partial charge in [0.2, 0.25) is 15.0 Å². The van der Waals surface area contributed by atoms with Crippen molar-refractivity contribution in [3.8, 4) is 0 Å². The smallest absolute Gasteiger partial charge is 0.407 e. The number of carbonyl (C=O) groups is 1. The number of amides is 1. The summed E-state index contributed by atoms with van der Waals surface area (Å²) in [7, 11) is -3.61. The molecule has 0 spiro atoms. The zero-order chi connectivity index (χ0) is 18.8. The Kier molecular flexibility index (Phi) is 5.12. The lowest BCUT2D eigenvalue weighted by molar-refractivity contribution is 0.0526. The number of rotatable bonds is 4. The van der Waals surface area contributed by atoms with Crippen molar-refractivity contribution in [2.24, 2.45) is 0 Å². The summed E-state index contributed by atoms with van der Waals surface area (Å²) in [6.45, 7) is 5.45. The highest BCUT2D eigenvalue weighted by Crippen LogP contribution is 2.11. The molecular formula is C15H20N4O5S. The molecule has 1 amide bonds. The van der Waals surface area contributed by atoms with E-state index in [0.29, 0.717) is 5.39 Å². The van der Waals surface area contributed by atoms with E-state index in [1.54, 1.807) is 20.8 Å². The topological polar surface area (TPSA) is 120 Å². The first kappa shape index (κ1) is 18.8. The summed E-state index contributed by atoms with van der Waals surface area (Å²) in [5, 5.41) is 2.70. The van der Waals surface area contributed by atoms with Crippen LogP contribution in [0.3, 0.4) is 0 Å². The fourth-order valence-corrected chi connectivity index (χ4v) is 2.53. The summed E-state index contributed by atoms with van der Waals surface area (Å²) in [6.07, 6.45) is 1.73. The highest BCUT2D eigenvalue weighted by atomic mass is 32.2. The van der Waals surface area contributed by atoms with Crippen LogP contribution in [-0.4, -0.2) is 47.4 Å². The Balaban J connectivity index is 2.26. The molecule has 0 unspecified atom stereocenters. The molecule has 0 saturated carbocycles. The Bertz CT molecular complexity index is 960. The Labute approximate surface area is 145 Å². The predicted molar refractivity (Wildman–Crippen MR) is 91.1 cm³/mol. The molecule has 0 radical (unpaired) electrons. The van der Waals surface area contributed by atoms with Crippen molar-refractivity contribution in [1.82, 2.24) is 19.9 Å². The minimum absolute atomic E-state index is 0.107. The number of carbonyl (C=O) groups excluding carboxylic acids is 1. The third-order valence-electron chi connectivity index (χ3n) is 3.04. The minimum Gasteiger partial charge on any atom is -0.444 e. The lowest BCUT2D eigenvalue weighted by Gasteiger charge is -2.19. The van der Waals surface area contributed by atoms with Gasteiger partial charge in [-0.15, -0.1) is 0 Å². The van der Waals surface area contributed by atoms with Crippen LogP contribution in [0.2, 0.25) is 0 Å². The number of pyridine rings is 1. The van der Waals surface area contributed by atoms with Crippen LogP contribution in [0.1, 0.15) is 20.8 Å². The van der Waals surface area contributed by atoms with Crippen LogP contribution in [0.25, 0.3) is 11.0 Å². The van der Waals surface area contributed by atoms with Crippen molar-refractivity contribution >= 4 is 27.0 Å². The van der Waals surface area contributed by atoms with Crippen molar-refractivity contribution in [2.45, 2.75) is 38.1 Å². The molecule has 0 bridgehead atoms. The monoisotopic (exact) mass is 368 g/mol. The predicted octanol–water partition coefficient (Wildman–Crippen LogP) is 0.720. The average Bonchev–Trinajstić information content (AvgIpc) is 2.46. The summed E-state index contributed by atoms with van der Waals surface area (Å²) in [5.74, 6) is 0. The van der Waals surface area contributed by atoms with E-state index >= 15 is 0 Å². The first-order chi connectivity index (χ1) is 11.5. The van der Waals surface area contributed by atoms with Gasteiger partial charge in [-0.1, -0.05) is 0 Å². The van der Waals surface area contributed by atoms with Crippen LogP contribution in [0.15, 0.2) is 28.3 Å². The molecular weight excluding hydrogens is 348 g/mol. The largest absolute Gasteiger partial charge is 0.444 e. The van der Waals surface area contributed by atoms with Crippen LogP contribution in [0.5, 0.6) is 0 Å². The van der Waals surface area contributed by atoms with Crippen LogP contribution in [0, 0.1) is 0 Å². The second-order valence-electron chi connectivity index (χ2n) is 6.46. The fourth-order valence-electron chi connectivity index (χ4n) is 2.03. The highest BCUT2D eigenvalue weighted by Gasteiger charge is 2.16. The number of alkyl carbamates (subject to hydrolysis) is 1. The van der Waals surface area contributed by atoms with E-state index in [1.165, 1.54) is 22.9 Å². The molecule has 0 aromatic carbocycles. The van der Waals surface area contributed by atoms with Gasteiger partial charge in [-0.25, -0.2) is 18.2 Å². The third kappa shape index (κ3) is 4.99. The summed E-state index contributed by atoms with van der Waals surface area (Å²) >= 11 is 0. The molecule has 1 N–H and O–H groups in total. The molecule has 9 nitrogen and oxygen atoms in total. The van der Waals surface area contributed by atoms with E-state index in [-0.39, 0.29) is 29.5 Å². The van der Waals surface area contributed by atoms with Gasteiger partial charge in [0.1, 0.15) is 11.2 Å². The molecule has 2 rings (SSSR count). The van der Waals surface area contributed by atoms with E-state index < -0.39 is 21.5 Å². The van der Waals surface area contributed by atoms with Gasteiger partial charge < -0.3 is 10.1 Å². The zero-order valence-electron chi connectivity index (χ0n) is 14.4. The Morgan fingerprint density at radius 2 is 2.00 bits per heavy atom. The van der Waals surface area contributed by atoms with E-state index in [1.807, 2.05) is 0 Å². The first-order valence-electron chi connectivity index (χ1n) is 7.51. The van der Waals surface area contributed by atoms with Crippen LogP contribution < -0.4 is 10.9 Å². The molecule has 0 atom stereocenters. The second-order valence-corrected chi connectivity index (χ2v) is 8.37. The first-order valence-corrected chi connectivity index (χ1v) is 9.40. The van der Waals surface area contributed by atoms with Crippen LogP contribution in [0.4, 0.5) is 4.79 Å². The maximum atomic E-state index is 12.1. The molecule has 0 aliphatic rings. The number of fused-ring (bicyclic) bond motifs is 1. The summed E-state index contributed by atoms with van der Waals surface area (Å²) < 4.78 is 29.6. The zero-order valence-corrected chi connectivity index (χ0v) is 15.3. The molecule has 0 fully saturated rings. The van der Waals surface area contributed by atoms with Gasteiger partial charge in [0.15, 0.2) is 0 Å². The number of nitrogens with one attached hydrogen (secondary N) is 1. The van der Waals surface area contributed by atoms with Gasteiger partial charge in [-0.3, -0.25) is 9.36 Å². The summed E-state index contributed by atoms with van der Waals surface area (Å²) in [5.41, 5.74) is -0.802. The average molecular weight is 368 g/mol. The molecule has 25 heavy (non-hydrogen) atoms. The maximum Gasteiger partial charge on any atom is 0.407 e. The molecule has 2 heterocycles. The Morgan fingerprint density at radius 1 is 1.32 bits per heavy atom. The van der Waals surface area contributed by atoms with Gasteiger partial charge in [-0.05, 0) is 26.8 Å². The van der Waals surface area contributed by atoms with Crippen molar-refractivity contribution in [3.05, 3.63) is 28.7 Å². The lowest BCUT2D eigenvalue weighted by atomic mass is 10.2. The second kappa shape index (κ2) is 6.79. The summed E-state index contributed by atoms with van der Waals surface area (Å²) in [4.78, 5) is 31.5. The van der Waals surface area contributed by atoms with Gasteiger partial charge in [-0.2, -0.15) is 4.98 Å². The third-order valence-corrected chi connectivity index (χ3v) is 3.90. The number of nitrogens with zero attached hydrogens (tertiary/aromatic N) is 3. The van der Waals surface area contributed by atoms with Crippen molar-refractivity contribution < 1.29 is 17.9 Å². The van der Waals surface area contributed by atoms with Crippen molar-refractivity contribution in [1.29, 1.82) is 0 Å².